The molecule has 0 saturated carbocycles. The molecule has 2 heterocycles. The van der Waals surface area contributed by atoms with Crippen LogP contribution in [0.2, 0.25) is 5.02 Å². The fourth-order valence-corrected chi connectivity index (χ4v) is 3.67. The molecule has 2 N–H and O–H groups in total. The zero-order chi connectivity index (χ0) is 14.8. The zero-order valence-electron chi connectivity index (χ0n) is 13.2. The quantitative estimate of drug-likeness (QED) is 0.869. The number of hydrogen-bond acceptors (Lipinski definition) is 3. The van der Waals surface area contributed by atoms with Gasteiger partial charge in [0.1, 0.15) is 0 Å². The highest BCUT2D eigenvalue weighted by molar-refractivity contribution is 6.35. The molecule has 0 radical (unpaired) electrons. The summed E-state index contributed by atoms with van der Waals surface area (Å²) >= 11 is 6.28. The first-order valence-corrected chi connectivity index (χ1v) is 8.04. The van der Waals surface area contributed by atoms with Crippen LogP contribution in [0.25, 0.3) is 10.9 Å². The first kappa shape index (κ1) is 20.5. The molecule has 1 aliphatic rings. The molecule has 2 atom stereocenters. The van der Waals surface area contributed by atoms with Gasteiger partial charge in [-0.1, -0.05) is 24.6 Å². The van der Waals surface area contributed by atoms with Crippen LogP contribution in [0.1, 0.15) is 25.3 Å². The Bertz CT molecular complexity index is 636. The van der Waals surface area contributed by atoms with Crippen molar-refractivity contribution in [2.24, 2.45) is 11.7 Å². The number of nitrogens with zero attached hydrogens (tertiary/aromatic N) is 2. The third-order valence-electron chi connectivity index (χ3n) is 4.65. The predicted octanol–water partition coefficient (Wildman–Crippen LogP) is 4.29. The largest absolute Gasteiger partial charge is 0.329 e. The highest BCUT2D eigenvalue weighted by atomic mass is 35.5. The minimum Gasteiger partial charge on any atom is -0.329 e. The SMILES string of the molecule is CC1CCCN(Cc2ccc(Cl)c3cccnc23)C1CN.Cl.Cl. The van der Waals surface area contributed by atoms with Gasteiger partial charge in [-0.05, 0) is 49.1 Å². The molecule has 3 nitrogen and oxygen atoms in total. The number of fused-ring (bicyclic) bond motifs is 1. The van der Waals surface area contributed by atoms with Crippen molar-refractivity contribution in [1.82, 2.24) is 9.88 Å². The molecule has 23 heavy (non-hydrogen) atoms. The molecule has 0 spiro atoms. The Morgan fingerprint density at radius 3 is 2.83 bits per heavy atom. The number of halogens is 3. The third-order valence-corrected chi connectivity index (χ3v) is 4.98. The molecule has 2 unspecified atom stereocenters. The van der Waals surface area contributed by atoms with Gasteiger partial charge in [0.15, 0.2) is 0 Å². The van der Waals surface area contributed by atoms with E-state index in [9.17, 15) is 0 Å². The van der Waals surface area contributed by atoms with Crippen LogP contribution in [-0.4, -0.2) is 29.0 Å². The van der Waals surface area contributed by atoms with Crippen LogP contribution >= 0.6 is 36.4 Å². The lowest BCUT2D eigenvalue weighted by Crippen LogP contribution is -2.48. The summed E-state index contributed by atoms with van der Waals surface area (Å²) in [6.45, 7) is 5.04. The van der Waals surface area contributed by atoms with Crippen molar-refractivity contribution in [2.45, 2.75) is 32.4 Å². The summed E-state index contributed by atoms with van der Waals surface area (Å²) in [7, 11) is 0. The highest BCUT2D eigenvalue weighted by Gasteiger charge is 2.27. The fraction of sp³-hybridized carbons (Fsp3) is 0.471. The van der Waals surface area contributed by atoms with E-state index in [1.54, 1.807) is 0 Å². The van der Waals surface area contributed by atoms with Crippen molar-refractivity contribution in [2.75, 3.05) is 13.1 Å². The molecular formula is C17H24Cl3N3. The second kappa shape index (κ2) is 9.05. The van der Waals surface area contributed by atoms with E-state index in [1.165, 1.54) is 18.4 Å². The number of likely N-dealkylation sites (tertiary alicyclic amines) is 1. The Kier molecular flexibility index (Phi) is 8.05. The van der Waals surface area contributed by atoms with E-state index in [2.05, 4.69) is 22.9 Å². The second-order valence-electron chi connectivity index (χ2n) is 6.00. The summed E-state index contributed by atoms with van der Waals surface area (Å²) < 4.78 is 0. The summed E-state index contributed by atoms with van der Waals surface area (Å²) in [4.78, 5) is 7.04. The summed E-state index contributed by atoms with van der Waals surface area (Å²) in [6, 6.07) is 8.51. The summed E-state index contributed by atoms with van der Waals surface area (Å²) in [5.41, 5.74) is 8.25. The van der Waals surface area contributed by atoms with Gasteiger partial charge in [-0.25, -0.2) is 0 Å². The first-order valence-electron chi connectivity index (χ1n) is 7.67. The maximum atomic E-state index is 6.28. The Hall–Kier alpha value is -0.580. The van der Waals surface area contributed by atoms with E-state index in [-0.39, 0.29) is 24.8 Å². The average Bonchev–Trinajstić information content (AvgIpc) is 2.51. The molecule has 1 aliphatic heterocycles. The Balaban J connectivity index is 0.00000132. The van der Waals surface area contributed by atoms with Crippen LogP contribution in [0, 0.1) is 5.92 Å². The zero-order valence-corrected chi connectivity index (χ0v) is 15.6. The van der Waals surface area contributed by atoms with Crippen molar-refractivity contribution in [3.8, 4) is 0 Å². The normalized spacial score (nSPS) is 21.5. The van der Waals surface area contributed by atoms with Crippen molar-refractivity contribution in [3.05, 3.63) is 41.0 Å². The highest BCUT2D eigenvalue weighted by Crippen LogP contribution is 2.29. The minimum atomic E-state index is 0. The Labute approximate surface area is 155 Å². The van der Waals surface area contributed by atoms with Crippen molar-refractivity contribution in [3.63, 3.8) is 0 Å². The molecule has 2 aromatic rings. The van der Waals surface area contributed by atoms with Crippen molar-refractivity contribution in [1.29, 1.82) is 0 Å². The number of rotatable bonds is 3. The molecule has 1 fully saturated rings. The number of benzene rings is 1. The van der Waals surface area contributed by atoms with Gasteiger partial charge in [-0.2, -0.15) is 0 Å². The maximum absolute atomic E-state index is 6.28. The second-order valence-corrected chi connectivity index (χ2v) is 6.41. The van der Waals surface area contributed by atoms with Crippen LogP contribution in [0.3, 0.4) is 0 Å². The van der Waals surface area contributed by atoms with Gasteiger partial charge in [0.2, 0.25) is 0 Å². The summed E-state index contributed by atoms with van der Waals surface area (Å²) in [5, 5.41) is 1.80. The number of pyridine rings is 1. The topological polar surface area (TPSA) is 42.2 Å². The molecule has 6 heteroatoms. The summed E-state index contributed by atoms with van der Waals surface area (Å²) in [5.74, 6) is 0.662. The van der Waals surface area contributed by atoms with Gasteiger partial charge in [-0.15, -0.1) is 24.8 Å². The molecule has 128 valence electrons. The van der Waals surface area contributed by atoms with E-state index in [0.29, 0.717) is 12.0 Å². The van der Waals surface area contributed by atoms with E-state index in [1.807, 2.05) is 24.4 Å². The van der Waals surface area contributed by atoms with Gasteiger partial charge < -0.3 is 5.73 Å². The number of aromatic nitrogens is 1. The van der Waals surface area contributed by atoms with E-state index in [4.69, 9.17) is 17.3 Å². The fourth-order valence-electron chi connectivity index (χ4n) is 3.45. The Morgan fingerprint density at radius 2 is 2.09 bits per heavy atom. The summed E-state index contributed by atoms with van der Waals surface area (Å²) in [6.07, 6.45) is 4.36. The van der Waals surface area contributed by atoms with Crippen LogP contribution in [-0.2, 0) is 6.54 Å². The molecule has 0 bridgehead atoms. The van der Waals surface area contributed by atoms with Gasteiger partial charge in [0.25, 0.3) is 0 Å². The molecule has 1 aromatic heterocycles. The molecule has 0 aliphatic carbocycles. The van der Waals surface area contributed by atoms with Crippen LogP contribution in [0.5, 0.6) is 0 Å². The van der Waals surface area contributed by atoms with Crippen LogP contribution in [0.4, 0.5) is 0 Å². The minimum absolute atomic E-state index is 0. The lowest BCUT2D eigenvalue weighted by Gasteiger charge is -2.39. The third kappa shape index (κ3) is 4.28. The maximum Gasteiger partial charge on any atom is 0.0761 e. The molecular weight excluding hydrogens is 353 g/mol. The molecule has 3 rings (SSSR count). The Morgan fingerprint density at radius 1 is 1.30 bits per heavy atom. The van der Waals surface area contributed by atoms with Gasteiger partial charge >= 0.3 is 0 Å². The van der Waals surface area contributed by atoms with E-state index < -0.39 is 0 Å². The van der Waals surface area contributed by atoms with Gasteiger partial charge in [0.05, 0.1) is 5.52 Å². The first-order chi connectivity index (χ1) is 10.2. The van der Waals surface area contributed by atoms with Gasteiger partial charge in [0, 0.05) is 35.7 Å². The predicted molar refractivity (Wildman–Crippen MR) is 103 cm³/mol. The smallest absolute Gasteiger partial charge is 0.0761 e. The van der Waals surface area contributed by atoms with Crippen LogP contribution in [0.15, 0.2) is 30.5 Å². The lowest BCUT2D eigenvalue weighted by atomic mass is 9.90. The standard InChI is InChI=1S/C17H22ClN3.2ClH/c1-12-4-3-9-21(16(12)10-19)11-13-6-7-15(18)14-5-2-8-20-17(13)14;;/h2,5-8,12,16H,3-4,9-11,19H2,1H3;2*1H. The molecule has 1 saturated heterocycles. The van der Waals surface area contributed by atoms with E-state index in [0.717, 1.165) is 35.6 Å². The van der Waals surface area contributed by atoms with Gasteiger partial charge in [-0.3, -0.25) is 9.88 Å². The number of nitrogens with two attached hydrogens (primary N) is 1. The van der Waals surface area contributed by atoms with E-state index >= 15 is 0 Å². The average molecular weight is 377 g/mol. The monoisotopic (exact) mass is 375 g/mol. The number of hydrogen-bond donors (Lipinski definition) is 1. The lowest BCUT2D eigenvalue weighted by molar-refractivity contribution is 0.0994. The number of piperidine rings is 1. The van der Waals surface area contributed by atoms with Crippen molar-refractivity contribution < 1.29 is 0 Å². The molecule has 0 amide bonds. The van der Waals surface area contributed by atoms with Crippen molar-refractivity contribution >= 4 is 47.3 Å². The molecule has 1 aromatic carbocycles. The van der Waals surface area contributed by atoms with Crippen LogP contribution < -0.4 is 5.73 Å².